The minimum Gasteiger partial charge on any atom is -0.371 e. The number of benzene rings is 1. The number of carbonyl (C=O) groups is 1. The maximum atomic E-state index is 12.1. The normalized spacial score (nSPS) is 24.6. The Labute approximate surface area is 126 Å². The van der Waals surface area contributed by atoms with Crippen LogP contribution in [-0.4, -0.2) is 24.6 Å². The van der Waals surface area contributed by atoms with E-state index in [2.05, 4.69) is 5.32 Å². The van der Waals surface area contributed by atoms with Crippen molar-refractivity contribution in [3.63, 3.8) is 0 Å². The van der Waals surface area contributed by atoms with Crippen molar-refractivity contribution in [2.75, 3.05) is 6.61 Å². The first-order valence-electron chi connectivity index (χ1n) is 6.82. The Morgan fingerprint density at radius 2 is 2.00 bits per heavy atom. The van der Waals surface area contributed by atoms with E-state index in [0.29, 0.717) is 6.61 Å². The number of rotatable bonds is 4. The van der Waals surface area contributed by atoms with Crippen LogP contribution in [0.15, 0.2) is 30.3 Å². The number of hydrogen-bond donors (Lipinski definition) is 2. The van der Waals surface area contributed by atoms with Crippen molar-refractivity contribution in [2.45, 2.75) is 38.5 Å². The minimum atomic E-state index is -0.183. The highest BCUT2D eigenvalue weighted by Crippen LogP contribution is 2.29. The van der Waals surface area contributed by atoms with E-state index in [9.17, 15) is 4.79 Å². The first-order valence-corrected chi connectivity index (χ1v) is 6.82. The number of nitrogens with one attached hydrogen (secondary N) is 1. The fraction of sp³-hybridized carbons (Fsp3) is 0.533. The van der Waals surface area contributed by atoms with Crippen LogP contribution in [0.1, 0.15) is 31.9 Å². The van der Waals surface area contributed by atoms with Gasteiger partial charge in [-0.1, -0.05) is 37.3 Å². The van der Waals surface area contributed by atoms with Crippen LogP contribution < -0.4 is 11.1 Å². The van der Waals surface area contributed by atoms with E-state index >= 15 is 0 Å². The topological polar surface area (TPSA) is 64.4 Å². The molecule has 1 fully saturated rings. The second-order valence-electron chi connectivity index (χ2n) is 5.25. The van der Waals surface area contributed by atoms with Crippen LogP contribution in [-0.2, 0) is 9.53 Å². The highest BCUT2D eigenvalue weighted by atomic mass is 35.5. The Morgan fingerprint density at radius 1 is 1.35 bits per heavy atom. The fourth-order valence-electron chi connectivity index (χ4n) is 2.26. The summed E-state index contributed by atoms with van der Waals surface area (Å²) >= 11 is 0. The number of nitrogens with two attached hydrogens (primary N) is 1. The number of hydrogen-bond acceptors (Lipinski definition) is 3. The van der Waals surface area contributed by atoms with Crippen molar-refractivity contribution in [3.05, 3.63) is 35.9 Å². The van der Waals surface area contributed by atoms with Gasteiger partial charge in [-0.05, 0) is 18.9 Å². The van der Waals surface area contributed by atoms with E-state index in [4.69, 9.17) is 10.5 Å². The van der Waals surface area contributed by atoms with E-state index in [1.165, 1.54) is 0 Å². The molecule has 0 aliphatic carbocycles. The SMILES string of the molecule is CC(N)C(C)C(=O)NC1CCOC1c1ccccc1.Cl. The number of amides is 1. The molecule has 2 rings (SSSR count). The van der Waals surface area contributed by atoms with Gasteiger partial charge in [0.1, 0.15) is 6.10 Å². The van der Waals surface area contributed by atoms with Crippen molar-refractivity contribution in [1.29, 1.82) is 0 Å². The van der Waals surface area contributed by atoms with Gasteiger partial charge in [-0.3, -0.25) is 4.79 Å². The molecule has 112 valence electrons. The predicted molar refractivity (Wildman–Crippen MR) is 81.7 cm³/mol. The summed E-state index contributed by atoms with van der Waals surface area (Å²) in [5.74, 6) is -0.177. The van der Waals surface area contributed by atoms with Crippen molar-refractivity contribution >= 4 is 18.3 Å². The molecule has 4 atom stereocenters. The molecule has 3 N–H and O–H groups in total. The smallest absolute Gasteiger partial charge is 0.224 e. The van der Waals surface area contributed by atoms with Gasteiger partial charge in [0.2, 0.25) is 5.91 Å². The van der Waals surface area contributed by atoms with Crippen molar-refractivity contribution in [3.8, 4) is 0 Å². The van der Waals surface area contributed by atoms with Crippen LogP contribution >= 0.6 is 12.4 Å². The van der Waals surface area contributed by atoms with Gasteiger partial charge in [0, 0.05) is 18.6 Å². The maximum absolute atomic E-state index is 12.1. The molecule has 1 aliphatic heterocycles. The van der Waals surface area contributed by atoms with Gasteiger partial charge in [-0.2, -0.15) is 0 Å². The Hall–Kier alpha value is -1.10. The first kappa shape index (κ1) is 17.0. The molecule has 4 unspecified atom stereocenters. The molecule has 0 bridgehead atoms. The van der Waals surface area contributed by atoms with Gasteiger partial charge in [0.05, 0.1) is 6.04 Å². The molecular formula is C15H23ClN2O2. The molecule has 0 radical (unpaired) electrons. The maximum Gasteiger partial charge on any atom is 0.224 e. The monoisotopic (exact) mass is 298 g/mol. The number of carbonyl (C=O) groups excluding carboxylic acids is 1. The molecule has 0 aromatic heterocycles. The van der Waals surface area contributed by atoms with Gasteiger partial charge in [-0.15, -0.1) is 12.4 Å². The summed E-state index contributed by atoms with van der Waals surface area (Å²) in [4.78, 5) is 12.1. The molecule has 20 heavy (non-hydrogen) atoms. The molecule has 0 saturated carbocycles. The summed E-state index contributed by atoms with van der Waals surface area (Å²) in [6, 6.07) is 9.91. The Bertz CT molecular complexity index is 425. The zero-order valence-corrected chi connectivity index (χ0v) is 12.7. The van der Waals surface area contributed by atoms with Crippen molar-refractivity contribution in [2.24, 2.45) is 11.7 Å². The Morgan fingerprint density at radius 3 is 2.60 bits per heavy atom. The number of halogens is 1. The highest BCUT2D eigenvalue weighted by Gasteiger charge is 2.32. The lowest BCUT2D eigenvalue weighted by Gasteiger charge is -2.23. The average molecular weight is 299 g/mol. The zero-order chi connectivity index (χ0) is 13.8. The van der Waals surface area contributed by atoms with E-state index in [1.807, 2.05) is 44.2 Å². The molecule has 1 aliphatic rings. The first-order chi connectivity index (χ1) is 9.09. The lowest BCUT2D eigenvalue weighted by molar-refractivity contribution is -0.126. The lowest BCUT2D eigenvalue weighted by Crippen LogP contribution is -2.44. The van der Waals surface area contributed by atoms with Gasteiger partial charge in [-0.25, -0.2) is 0 Å². The largest absolute Gasteiger partial charge is 0.371 e. The highest BCUT2D eigenvalue weighted by molar-refractivity contribution is 5.85. The molecule has 1 aromatic carbocycles. The van der Waals surface area contributed by atoms with Gasteiger partial charge < -0.3 is 15.8 Å². The molecule has 0 spiro atoms. The molecule has 4 nitrogen and oxygen atoms in total. The molecule has 1 saturated heterocycles. The standard InChI is InChI=1S/C15H22N2O2.ClH/c1-10(11(2)16)15(18)17-13-8-9-19-14(13)12-6-4-3-5-7-12;/h3-7,10-11,13-14H,8-9,16H2,1-2H3,(H,17,18);1H. The van der Waals surface area contributed by atoms with Crippen LogP contribution in [0.2, 0.25) is 0 Å². The molecule has 1 heterocycles. The summed E-state index contributed by atoms with van der Waals surface area (Å²) in [5.41, 5.74) is 6.87. The number of ether oxygens (including phenoxy) is 1. The van der Waals surface area contributed by atoms with Crippen LogP contribution in [0.4, 0.5) is 0 Å². The van der Waals surface area contributed by atoms with Gasteiger partial charge in [0.25, 0.3) is 0 Å². The average Bonchev–Trinajstić information content (AvgIpc) is 2.86. The van der Waals surface area contributed by atoms with Crippen molar-refractivity contribution < 1.29 is 9.53 Å². The van der Waals surface area contributed by atoms with E-state index in [1.54, 1.807) is 0 Å². The summed E-state index contributed by atoms with van der Waals surface area (Å²) < 4.78 is 5.75. The zero-order valence-electron chi connectivity index (χ0n) is 11.9. The van der Waals surface area contributed by atoms with E-state index in [-0.39, 0.29) is 42.4 Å². The van der Waals surface area contributed by atoms with Crippen LogP contribution in [0.5, 0.6) is 0 Å². The lowest BCUT2D eigenvalue weighted by atomic mass is 9.99. The molecule has 5 heteroatoms. The molecule has 1 amide bonds. The summed E-state index contributed by atoms with van der Waals surface area (Å²) in [6.45, 7) is 4.38. The van der Waals surface area contributed by atoms with Crippen LogP contribution in [0, 0.1) is 5.92 Å². The van der Waals surface area contributed by atoms with Crippen LogP contribution in [0.25, 0.3) is 0 Å². The molecular weight excluding hydrogens is 276 g/mol. The van der Waals surface area contributed by atoms with E-state index < -0.39 is 0 Å². The summed E-state index contributed by atoms with van der Waals surface area (Å²) in [6.07, 6.45) is 0.794. The minimum absolute atomic E-state index is 0. The Kier molecular flexibility index (Phi) is 6.46. The van der Waals surface area contributed by atoms with Gasteiger partial charge >= 0.3 is 0 Å². The second kappa shape index (κ2) is 7.62. The summed E-state index contributed by atoms with van der Waals surface area (Å²) in [5, 5.41) is 3.06. The third kappa shape index (κ3) is 3.95. The summed E-state index contributed by atoms with van der Waals surface area (Å²) in [7, 11) is 0. The van der Waals surface area contributed by atoms with E-state index in [0.717, 1.165) is 12.0 Å². The van der Waals surface area contributed by atoms with Gasteiger partial charge in [0.15, 0.2) is 0 Å². The fourth-order valence-corrected chi connectivity index (χ4v) is 2.26. The quantitative estimate of drug-likeness (QED) is 0.894. The second-order valence-corrected chi connectivity index (χ2v) is 5.25. The molecule has 1 aromatic rings. The van der Waals surface area contributed by atoms with Crippen LogP contribution in [0.3, 0.4) is 0 Å². The third-order valence-electron chi connectivity index (χ3n) is 3.75. The third-order valence-corrected chi connectivity index (χ3v) is 3.75. The predicted octanol–water partition coefficient (Wildman–Crippen LogP) is 2.04. The van der Waals surface area contributed by atoms with Crippen molar-refractivity contribution in [1.82, 2.24) is 5.32 Å². The Balaban J connectivity index is 0.00000200.